The highest BCUT2D eigenvalue weighted by Gasteiger charge is 2.64. The number of sulfonamides is 5. The lowest BCUT2D eigenvalue weighted by atomic mass is 10.1. The van der Waals surface area contributed by atoms with Gasteiger partial charge in [0, 0.05) is 196 Å². The van der Waals surface area contributed by atoms with E-state index in [9.17, 15) is 46.9 Å². The molecule has 16 aromatic carbocycles. The molecule has 17 rings (SSSR count). The van der Waals surface area contributed by atoms with Crippen LogP contribution in [0, 0.1) is 0 Å². The molecule has 145 heavy (non-hydrogen) atoms. The van der Waals surface area contributed by atoms with Crippen LogP contribution in [0.25, 0.3) is 53.9 Å². The second kappa shape index (κ2) is 43.5. The van der Waals surface area contributed by atoms with Gasteiger partial charge in [0.15, 0.2) is 11.5 Å². The zero-order valence-corrected chi connectivity index (χ0v) is 88.0. The summed E-state index contributed by atoms with van der Waals surface area (Å²) in [5.74, 6) is 0.596. The first-order valence-electron chi connectivity index (χ1n) is 46.5. The number of aldehydes is 1. The maximum Gasteiger partial charge on any atom is 0.587 e. The Morgan fingerprint density at radius 3 is 0.703 bits per heavy atom. The average Bonchev–Trinajstić information content (AvgIpc) is 0.724. The van der Waals surface area contributed by atoms with Crippen LogP contribution in [0.15, 0.2) is 361 Å². The van der Waals surface area contributed by atoms with Crippen LogP contribution in [0.1, 0.15) is 38.2 Å². The fourth-order valence-electron chi connectivity index (χ4n) is 17.3. The van der Waals surface area contributed by atoms with Crippen LogP contribution in [-0.4, -0.2) is 152 Å². The molecule has 0 bridgehead atoms. The summed E-state index contributed by atoms with van der Waals surface area (Å²) in [7, 11) is -15.8. The first-order valence-corrected chi connectivity index (χ1v) is 58.6. The van der Waals surface area contributed by atoms with E-state index in [1.807, 2.05) is 186 Å². The number of anilines is 5. The van der Waals surface area contributed by atoms with E-state index in [1.165, 1.54) is 24.3 Å². The summed E-state index contributed by atoms with van der Waals surface area (Å²) in [6, 6.07) is 93.6. The smallest absolute Gasteiger partial charge is 0.417 e. The van der Waals surface area contributed by atoms with Crippen LogP contribution in [0.3, 0.4) is 0 Å². The normalized spacial score (nSPS) is 14.2. The van der Waals surface area contributed by atoms with E-state index in [4.69, 9.17) is 36.2 Å². The van der Waals surface area contributed by atoms with E-state index in [-0.39, 0.29) is 129 Å². The minimum Gasteiger partial charge on any atom is -0.417 e. The summed E-state index contributed by atoms with van der Waals surface area (Å²) in [5, 5.41) is 6.55. The van der Waals surface area contributed by atoms with E-state index in [0.717, 1.165) is 55.4 Å². The van der Waals surface area contributed by atoms with Gasteiger partial charge in [-0.2, -0.15) is 0 Å². The Balaban J connectivity index is 0.773. The highest BCUT2D eigenvalue weighted by Crippen LogP contribution is 2.79. The molecule has 750 valence electrons. The topological polar surface area (TPSA) is 356 Å². The third-order valence-corrected chi connectivity index (χ3v) is 40.4. The van der Waals surface area contributed by atoms with Crippen molar-refractivity contribution in [2.45, 2.75) is 56.6 Å². The molecular weight excluding hydrogens is 1990 g/mol. The number of nitrogens with zero attached hydrogens (tertiary/aromatic N) is 7. The molecule has 0 aliphatic carbocycles. The lowest BCUT2D eigenvalue weighted by molar-refractivity contribution is 0.112. The molecule has 30 nitrogen and oxygen atoms in total. The highest BCUT2D eigenvalue weighted by molar-refractivity contribution is 7.91. The number of hydrogen-bond donors (Lipinski definition) is 6. The first kappa shape index (κ1) is 103. The van der Waals surface area contributed by atoms with Crippen molar-refractivity contribution in [1.82, 2.24) is 28.5 Å². The number of hydrogen-bond acceptors (Lipinski definition) is 25. The van der Waals surface area contributed by atoms with Gasteiger partial charge in [-0.05, 0) is 206 Å². The molecular formula is C107H111N13O17P3S5+. The van der Waals surface area contributed by atoms with Crippen molar-refractivity contribution in [3.8, 4) is 34.5 Å². The molecule has 1 heterocycles. The third-order valence-electron chi connectivity index (χ3n) is 24.4. The van der Waals surface area contributed by atoms with Crippen molar-refractivity contribution < 1.29 is 74.0 Å². The van der Waals surface area contributed by atoms with Gasteiger partial charge in [-0.1, -0.05) is 187 Å². The Hall–Kier alpha value is -13.3. The molecule has 0 radical (unpaired) electrons. The molecule has 1 atom stereocenters. The van der Waals surface area contributed by atoms with Gasteiger partial charge in [0.05, 0.1) is 29.0 Å². The number of fused-ring (bicyclic) bond motifs is 5. The summed E-state index contributed by atoms with van der Waals surface area (Å²) in [6.45, 7) is -0.122. The molecule has 0 fully saturated rings. The van der Waals surface area contributed by atoms with Gasteiger partial charge in [0.1, 0.15) is 29.3 Å². The van der Waals surface area contributed by atoms with Gasteiger partial charge in [-0.25, -0.2) is 65.7 Å². The molecule has 1 aliphatic rings. The summed E-state index contributed by atoms with van der Waals surface area (Å²) < 4.78 is 214. The van der Waals surface area contributed by atoms with Gasteiger partial charge in [-0.3, -0.25) is 13.8 Å². The van der Waals surface area contributed by atoms with Crippen molar-refractivity contribution >= 4 is 162 Å². The number of rotatable bonds is 43. The highest BCUT2D eigenvalue weighted by atomic mass is 32.2. The van der Waals surface area contributed by atoms with E-state index in [1.54, 1.807) is 212 Å². The standard InChI is InChI=1S/C107H111N13O17P3S5/c1-116(2)98-31-11-26-93-88(98)21-16-36-103(93)141(122,123)108-70-65-76-41-53-82(54-42-76)132-138(133-83-55-43-77(44-56-83)66-71-109-142(124,125)104-37-17-22-89-94(104)27-12-32-99(89)117(3)4)113-139(134-84-57-45-78(46-58-84)67-72-110-143(126,127)105-38-18-23-90-95(105)28-13-33-100(90)118(5)6,135-85-59-47-79(48-60-85)68-73-111-144(128,129)106-39-19-24-91-96(106)29-14-34-101(91)119(7)8)115-140(114-138,137-87-63-51-81(75-121)52-64-87)136-86-61-49-80(50-62-86)69-74-112-145(130,131)107-40-20-25-92-97(107)30-15-35-102(92)120(9)10/h11-64,75,108-113H,65-74H2,1-10H3/q+1. The van der Waals surface area contributed by atoms with Crippen molar-refractivity contribution in [2.75, 3.05) is 128 Å². The predicted molar refractivity (Wildman–Crippen MR) is 582 cm³/mol. The molecule has 1 unspecified atom stereocenters. The Morgan fingerprint density at radius 2 is 0.476 bits per heavy atom. The monoisotopic (exact) mass is 2100 g/mol. The van der Waals surface area contributed by atoms with Crippen LogP contribution in [0.2, 0.25) is 0 Å². The number of carbonyl (C=O) groups excluding carboxylic acids is 1. The van der Waals surface area contributed by atoms with Crippen LogP contribution in [-0.2, 0) is 82.2 Å². The fourth-order valence-corrected chi connectivity index (χ4v) is 33.1. The molecule has 16 aromatic rings. The van der Waals surface area contributed by atoms with Gasteiger partial charge in [0.2, 0.25) is 50.1 Å². The maximum atomic E-state index is 14.4. The zero-order chi connectivity index (χ0) is 102. The summed E-state index contributed by atoms with van der Waals surface area (Å²) in [4.78, 5) is 26.3. The third kappa shape index (κ3) is 23.8. The van der Waals surface area contributed by atoms with Gasteiger partial charge in [-0.15, -0.1) is 0 Å². The number of carbonyl (C=O) groups is 1. The second-order valence-electron chi connectivity index (χ2n) is 35.6. The van der Waals surface area contributed by atoms with Crippen LogP contribution in [0.4, 0.5) is 28.4 Å². The first-order chi connectivity index (χ1) is 69.5. The Morgan fingerprint density at radius 1 is 0.269 bits per heavy atom. The van der Waals surface area contributed by atoms with Gasteiger partial charge in [0.25, 0.3) is 0 Å². The zero-order valence-electron chi connectivity index (χ0n) is 81.3. The van der Waals surface area contributed by atoms with Crippen LogP contribution < -0.4 is 80.1 Å². The molecule has 38 heteroatoms. The van der Waals surface area contributed by atoms with Crippen molar-refractivity contribution in [2.24, 2.45) is 9.03 Å². The van der Waals surface area contributed by atoms with Gasteiger partial charge >= 0.3 is 23.3 Å². The summed E-state index contributed by atoms with van der Waals surface area (Å²) >= 11 is 0. The molecule has 0 saturated carbocycles. The van der Waals surface area contributed by atoms with Crippen LogP contribution in [0.5, 0.6) is 34.5 Å². The number of nitrogens with one attached hydrogen (secondary N) is 6. The average molecular weight is 2100 g/mol. The largest absolute Gasteiger partial charge is 0.587 e. The van der Waals surface area contributed by atoms with Crippen molar-refractivity contribution in [3.05, 3.63) is 361 Å². The SMILES string of the molecule is CN(C)c1cccc2c(S(=O)(=O)NCCc3ccc(OP4(Oc5ccc(C=O)cc5)=N[P+](Oc5ccc(CCNS(=O)(=O)c6cccc7c(N(C)C)cccc67)cc5)(Oc5ccc(CCNS(=O)(=O)c6cccc7c(N(C)C)cccc67)cc5)NP(Oc5ccc(CCNS(=O)(=O)c6cccc7c(N(C)C)cccc67)cc5)(Oc5ccc(CCNS(=O)(=O)c6cccc7c(N(C)C)cccc67)cc5)=N4)cc3)cccc12. The molecule has 0 aromatic heterocycles. The molecule has 0 spiro atoms. The maximum absolute atomic E-state index is 14.4. The predicted octanol–water partition coefficient (Wildman–Crippen LogP) is 20.1. The summed E-state index contributed by atoms with van der Waals surface area (Å²) in [6.07, 6.45) is 1.65. The van der Waals surface area contributed by atoms with E-state index < -0.39 is 73.5 Å². The Bertz CT molecular complexity index is 7930. The van der Waals surface area contributed by atoms with E-state index >= 15 is 0 Å². The van der Waals surface area contributed by atoms with E-state index in [2.05, 4.69) is 28.5 Å². The Labute approximate surface area is 847 Å². The molecule has 1 aliphatic heterocycles. The Kier molecular flexibility index (Phi) is 31.0. The minimum atomic E-state index is -4.79. The van der Waals surface area contributed by atoms with Crippen molar-refractivity contribution in [3.63, 3.8) is 0 Å². The van der Waals surface area contributed by atoms with Crippen molar-refractivity contribution in [1.29, 1.82) is 0 Å². The number of benzene rings is 16. The fraction of sp³-hybridized carbons (Fsp3) is 0.187. The second-order valence-corrected chi connectivity index (χ2v) is 50.7. The summed E-state index contributed by atoms with van der Waals surface area (Å²) in [5.41, 5.74) is 7.87. The lowest BCUT2D eigenvalue weighted by Gasteiger charge is -2.33. The lowest BCUT2D eigenvalue weighted by Crippen LogP contribution is -2.29. The molecule has 6 N–H and O–H groups in total. The quantitative estimate of drug-likeness (QED) is 0.0153. The minimum absolute atomic E-state index is 0.0237. The van der Waals surface area contributed by atoms with Crippen LogP contribution >= 0.6 is 23.3 Å². The van der Waals surface area contributed by atoms with Gasteiger partial charge < -0.3 is 42.6 Å². The molecule has 0 amide bonds. The van der Waals surface area contributed by atoms with E-state index in [0.29, 0.717) is 61.0 Å². The molecule has 0 saturated heterocycles.